The molecule has 0 spiro atoms. The van der Waals surface area contributed by atoms with Gasteiger partial charge in [-0.05, 0) is 138 Å². The highest BCUT2D eigenvalue weighted by molar-refractivity contribution is 7.33. The van der Waals surface area contributed by atoms with E-state index in [4.69, 9.17) is 4.98 Å². The van der Waals surface area contributed by atoms with Crippen molar-refractivity contribution in [3.05, 3.63) is 131 Å². The summed E-state index contributed by atoms with van der Waals surface area (Å²) in [4.78, 5) is 10.6. The third-order valence-electron chi connectivity index (χ3n) is 13.9. The monoisotopic (exact) mass is 805 g/mol. The van der Waals surface area contributed by atoms with Crippen molar-refractivity contribution in [2.45, 2.75) is 130 Å². The fraction of sp³-hybridized carbons (Fsp3) is 0.364. The Labute approximate surface area is 363 Å². The zero-order valence-corrected chi connectivity index (χ0v) is 39.1. The maximum atomic E-state index is 5.54. The number of thiophene rings is 1. The van der Waals surface area contributed by atoms with Crippen LogP contribution in [0.1, 0.15) is 130 Å². The van der Waals surface area contributed by atoms with Crippen molar-refractivity contribution in [1.82, 2.24) is 4.98 Å². The summed E-state index contributed by atoms with van der Waals surface area (Å²) in [5.74, 6) is 1.03. The molecule has 0 N–H and O–H groups in total. The second kappa shape index (κ2) is 12.6. The normalized spacial score (nSPS) is 16.6. The Bertz CT molecular complexity index is 2930. The molecule has 1 aliphatic carbocycles. The highest BCUT2D eigenvalue weighted by Gasteiger charge is 2.48. The van der Waals surface area contributed by atoms with Gasteiger partial charge in [-0.15, -0.1) is 11.3 Å². The lowest BCUT2D eigenvalue weighted by Gasteiger charge is -2.43. The number of anilines is 6. The van der Waals surface area contributed by atoms with E-state index in [1.165, 1.54) is 87.1 Å². The average molecular weight is 806 g/mol. The van der Waals surface area contributed by atoms with Gasteiger partial charge in [-0.25, -0.2) is 4.98 Å². The molecule has 10 rings (SSSR count). The van der Waals surface area contributed by atoms with E-state index in [1.807, 2.05) is 11.3 Å². The third-order valence-corrected chi connectivity index (χ3v) is 15.1. The van der Waals surface area contributed by atoms with Crippen LogP contribution in [0.2, 0.25) is 0 Å². The zero-order valence-electron chi connectivity index (χ0n) is 38.3. The van der Waals surface area contributed by atoms with Crippen molar-refractivity contribution in [2.24, 2.45) is 0 Å². The van der Waals surface area contributed by atoms with E-state index in [0.29, 0.717) is 0 Å². The Kier molecular flexibility index (Phi) is 8.25. The number of hydrogen-bond donors (Lipinski definition) is 0. The van der Waals surface area contributed by atoms with Gasteiger partial charge in [-0.3, -0.25) is 4.90 Å². The molecule has 5 aromatic carbocycles. The molecular formula is C55H60BN3S. The number of rotatable bonds is 2. The lowest BCUT2D eigenvalue weighted by atomic mass is 9.36. The van der Waals surface area contributed by atoms with Crippen LogP contribution in [-0.2, 0) is 27.1 Å². The van der Waals surface area contributed by atoms with Crippen molar-refractivity contribution in [3.8, 4) is 0 Å². The smallest absolute Gasteiger partial charge is 0.266 e. The molecule has 0 saturated carbocycles. The van der Waals surface area contributed by atoms with E-state index in [9.17, 15) is 0 Å². The highest BCUT2D eigenvalue weighted by atomic mass is 32.1. The first kappa shape index (κ1) is 39.3. The fourth-order valence-corrected chi connectivity index (χ4v) is 12.2. The summed E-state index contributed by atoms with van der Waals surface area (Å²) in [5, 5.41) is 3.92. The maximum absolute atomic E-state index is 5.54. The Morgan fingerprint density at radius 3 is 1.88 bits per heavy atom. The SMILES string of the molecule is Cc1cc2c3c(n1)N(c1ccc(C(C)(C)C)cc1)c1ccc(C(C)(C)C)cc1B3c1sc3cc4ccc(C(C)(C)C)cc4cc3c1N2c1ccc2c(c1)C(C)(C)CC2(C)C. The Hall–Kier alpha value is -4.87. The molecule has 2 aliphatic heterocycles. The summed E-state index contributed by atoms with van der Waals surface area (Å²) in [6.45, 7) is 32.8. The van der Waals surface area contributed by atoms with Crippen LogP contribution in [-0.4, -0.2) is 11.7 Å². The van der Waals surface area contributed by atoms with Crippen LogP contribution in [0.3, 0.4) is 0 Å². The summed E-state index contributed by atoms with van der Waals surface area (Å²) in [5.41, 5.74) is 17.1. The fourth-order valence-electron chi connectivity index (χ4n) is 10.9. The minimum Gasteiger partial charge on any atom is -0.310 e. The second-order valence-corrected chi connectivity index (χ2v) is 23.7. The average Bonchev–Trinajstić information content (AvgIpc) is 3.61. The van der Waals surface area contributed by atoms with Crippen molar-refractivity contribution in [1.29, 1.82) is 0 Å². The highest BCUT2D eigenvalue weighted by Crippen LogP contribution is 2.53. The number of benzene rings is 5. The van der Waals surface area contributed by atoms with Gasteiger partial charge in [0, 0.05) is 43.3 Å². The van der Waals surface area contributed by atoms with Crippen molar-refractivity contribution in [3.63, 3.8) is 0 Å². The van der Waals surface area contributed by atoms with E-state index >= 15 is 0 Å². The van der Waals surface area contributed by atoms with Gasteiger partial charge in [0.15, 0.2) is 0 Å². The largest absolute Gasteiger partial charge is 0.310 e. The third kappa shape index (κ3) is 5.92. The molecular weight excluding hydrogens is 746 g/mol. The molecule has 304 valence electrons. The Morgan fingerprint density at radius 2 is 1.20 bits per heavy atom. The molecule has 3 aliphatic rings. The van der Waals surface area contributed by atoms with E-state index in [1.54, 1.807) is 0 Å². The molecule has 60 heavy (non-hydrogen) atoms. The number of hydrogen-bond acceptors (Lipinski definition) is 4. The van der Waals surface area contributed by atoms with Crippen LogP contribution in [0.25, 0.3) is 20.9 Å². The summed E-state index contributed by atoms with van der Waals surface area (Å²) in [6, 6.07) is 38.3. The standard InChI is InChI=1S/C55H60BN3S/c1-32-25-45-47-50(57-32)59(38-20-17-35(18-21-38)51(2,3)4)44-24-19-37(53(8,9)10)29-43(44)56(47)49-48(58(45)39-22-23-41-42(30-39)55(13,14)31-54(41,11)12)40-27-34-26-36(52(5,6)7)16-15-33(34)28-46(40)60-49/h15-30H,31H2,1-14H3. The lowest BCUT2D eigenvalue weighted by Crippen LogP contribution is -2.61. The molecule has 0 amide bonds. The van der Waals surface area contributed by atoms with E-state index in [-0.39, 0.29) is 33.8 Å². The quantitative estimate of drug-likeness (QED) is 0.162. The number of nitrogens with zero attached hydrogens (tertiary/aromatic N) is 3. The molecule has 7 aromatic rings. The molecule has 3 nitrogen and oxygen atoms in total. The molecule has 0 fully saturated rings. The van der Waals surface area contributed by atoms with Gasteiger partial charge in [0.2, 0.25) is 0 Å². The minimum absolute atomic E-state index is 0.0139. The summed E-state index contributed by atoms with van der Waals surface area (Å²) in [7, 11) is 0. The van der Waals surface area contributed by atoms with Crippen LogP contribution < -0.4 is 25.5 Å². The first-order chi connectivity index (χ1) is 28.0. The van der Waals surface area contributed by atoms with Crippen LogP contribution in [0.5, 0.6) is 0 Å². The van der Waals surface area contributed by atoms with E-state index < -0.39 is 0 Å². The van der Waals surface area contributed by atoms with E-state index in [2.05, 4.69) is 204 Å². The van der Waals surface area contributed by atoms with Crippen LogP contribution in [0, 0.1) is 6.92 Å². The Morgan fingerprint density at radius 1 is 0.583 bits per heavy atom. The summed E-state index contributed by atoms with van der Waals surface area (Å²) >= 11 is 1.98. The van der Waals surface area contributed by atoms with Gasteiger partial charge >= 0.3 is 0 Å². The minimum atomic E-state index is -0.0139. The van der Waals surface area contributed by atoms with Crippen molar-refractivity contribution >= 4 is 88.9 Å². The zero-order chi connectivity index (χ0) is 42.6. The molecule has 0 atom stereocenters. The van der Waals surface area contributed by atoms with E-state index in [0.717, 1.165) is 23.6 Å². The van der Waals surface area contributed by atoms with Crippen molar-refractivity contribution in [2.75, 3.05) is 9.80 Å². The topological polar surface area (TPSA) is 19.4 Å². The lowest BCUT2D eigenvalue weighted by molar-refractivity contribution is 0.403. The van der Waals surface area contributed by atoms with Crippen molar-refractivity contribution < 1.29 is 0 Å². The molecule has 0 unspecified atom stereocenters. The molecule has 5 heteroatoms. The maximum Gasteiger partial charge on any atom is 0.266 e. The predicted molar refractivity (Wildman–Crippen MR) is 263 cm³/mol. The van der Waals surface area contributed by atoms with Gasteiger partial charge in [-0.2, -0.15) is 0 Å². The van der Waals surface area contributed by atoms with Gasteiger partial charge in [0.1, 0.15) is 5.82 Å². The number of aromatic nitrogens is 1. The van der Waals surface area contributed by atoms with Crippen LogP contribution in [0.15, 0.2) is 97.1 Å². The molecule has 0 bridgehead atoms. The number of aryl methyl sites for hydroxylation is 1. The molecule has 0 saturated heterocycles. The van der Waals surface area contributed by atoms with Gasteiger partial charge in [-0.1, -0.05) is 139 Å². The first-order valence-corrected chi connectivity index (χ1v) is 22.9. The van der Waals surface area contributed by atoms with Gasteiger partial charge < -0.3 is 4.90 Å². The number of fused-ring (bicyclic) bond motifs is 8. The first-order valence-electron chi connectivity index (χ1n) is 22.0. The van der Waals surface area contributed by atoms with Crippen LogP contribution >= 0.6 is 11.3 Å². The second-order valence-electron chi connectivity index (χ2n) is 22.6. The summed E-state index contributed by atoms with van der Waals surface area (Å²) in [6.07, 6.45) is 1.13. The molecule has 4 heterocycles. The Balaban J connectivity index is 1.32. The van der Waals surface area contributed by atoms with Crippen LogP contribution in [0.4, 0.5) is 34.3 Å². The predicted octanol–water partition coefficient (Wildman–Crippen LogP) is 13.7. The molecule has 2 aromatic heterocycles. The summed E-state index contributed by atoms with van der Waals surface area (Å²) < 4.78 is 2.72. The number of pyridine rings is 1. The van der Waals surface area contributed by atoms with Gasteiger partial charge in [0.25, 0.3) is 6.71 Å². The molecule has 0 radical (unpaired) electrons. The van der Waals surface area contributed by atoms with Gasteiger partial charge in [0.05, 0.1) is 5.69 Å².